The predicted octanol–water partition coefficient (Wildman–Crippen LogP) is 2.06. The minimum absolute atomic E-state index is 0.0727. The summed E-state index contributed by atoms with van der Waals surface area (Å²) in [5.74, 6) is -0.398. The van der Waals surface area contributed by atoms with Crippen molar-refractivity contribution in [2.24, 2.45) is 0 Å². The quantitative estimate of drug-likeness (QED) is 0.362. The average Bonchev–Trinajstić information content (AvgIpc) is 2.22. The van der Waals surface area contributed by atoms with E-state index in [2.05, 4.69) is 13.2 Å². The molecule has 0 aliphatic rings. The summed E-state index contributed by atoms with van der Waals surface area (Å²) in [5, 5.41) is 0. The first kappa shape index (κ1) is 14.7. The molecular weight excluding hydrogens is 208 g/mol. The third kappa shape index (κ3) is 7.06. The Hall–Kier alpha value is -1.29. The van der Waals surface area contributed by atoms with Crippen LogP contribution in [-0.4, -0.2) is 31.4 Å². The van der Waals surface area contributed by atoms with Gasteiger partial charge < -0.3 is 14.2 Å². The van der Waals surface area contributed by atoms with E-state index in [9.17, 15) is 4.79 Å². The molecular formula is C12H20O4. The van der Waals surface area contributed by atoms with Crippen LogP contribution in [0, 0.1) is 0 Å². The summed E-state index contributed by atoms with van der Waals surface area (Å²) in [6, 6.07) is 0. The molecule has 0 heterocycles. The zero-order chi connectivity index (χ0) is 12.6. The summed E-state index contributed by atoms with van der Waals surface area (Å²) in [5.41, 5.74) is 0.384. The number of carbonyl (C=O) groups excluding carboxylic acids is 1. The molecule has 0 rings (SSSR count). The van der Waals surface area contributed by atoms with Crippen molar-refractivity contribution in [2.75, 3.05) is 13.2 Å². The summed E-state index contributed by atoms with van der Waals surface area (Å²) in [6.07, 6.45) is 1.12. The first-order valence-electron chi connectivity index (χ1n) is 5.18. The first-order valence-corrected chi connectivity index (χ1v) is 5.18. The monoisotopic (exact) mass is 228 g/mol. The molecule has 0 amide bonds. The second-order valence-corrected chi connectivity index (χ2v) is 3.64. The molecule has 0 N–H and O–H groups in total. The standard InChI is InChI=1S/C12H20O4/c1-6-14-7-10(4)16-11(5)8-15-12(13)9(2)3/h6,10-11H,1-2,7-8H2,3-5H3. The number of ether oxygens (including phenoxy) is 3. The molecule has 92 valence electrons. The summed E-state index contributed by atoms with van der Waals surface area (Å²) >= 11 is 0. The van der Waals surface area contributed by atoms with Crippen molar-refractivity contribution in [3.05, 3.63) is 25.0 Å². The van der Waals surface area contributed by atoms with Crippen LogP contribution in [0.4, 0.5) is 0 Å². The van der Waals surface area contributed by atoms with Gasteiger partial charge in [-0.15, -0.1) is 0 Å². The van der Waals surface area contributed by atoms with Crippen LogP contribution >= 0.6 is 0 Å². The van der Waals surface area contributed by atoms with E-state index >= 15 is 0 Å². The van der Waals surface area contributed by atoms with Crippen LogP contribution in [0.3, 0.4) is 0 Å². The molecule has 0 saturated heterocycles. The summed E-state index contributed by atoms with van der Waals surface area (Å²) in [6.45, 7) is 12.9. The van der Waals surface area contributed by atoms with Gasteiger partial charge in [0.25, 0.3) is 0 Å². The van der Waals surface area contributed by atoms with E-state index < -0.39 is 5.97 Å². The van der Waals surface area contributed by atoms with Gasteiger partial charge in [-0.05, 0) is 20.8 Å². The molecule has 4 heteroatoms. The fourth-order valence-corrected chi connectivity index (χ4v) is 0.995. The van der Waals surface area contributed by atoms with Crippen LogP contribution < -0.4 is 0 Å². The largest absolute Gasteiger partial charge is 0.499 e. The van der Waals surface area contributed by atoms with Crippen molar-refractivity contribution in [2.45, 2.75) is 33.0 Å². The molecule has 2 unspecified atom stereocenters. The third-order valence-corrected chi connectivity index (χ3v) is 1.71. The van der Waals surface area contributed by atoms with Crippen LogP contribution in [-0.2, 0) is 19.0 Å². The Kier molecular flexibility index (Phi) is 7.29. The normalized spacial score (nSPS) is 13.7. The summed E-state index contributed by atoms with van der Waals surface area (Å²) in [4.78, 5) is 11.1. The lowest BCUT2D eigenvalue weighted by Gasteiger charge is -2.18. The van der Waals surface area contributed by atoms with Crippen LogP contribution in [0.2, 0.25) is 0 Å². The zero-order valence-corrected chi connectivity index (χ0v) is 10.2. The van der Waals surface area contributed by atoms with Gasteiger partial charge in [0.1, 0.15) is 13.2 Å². The molecule has 0 saturated carbocycles. The predicted molar refractivity (Wildman–Crippen MR) is 61.9 cm³/mol. The maximum absolute atomic E-state index is 11.1. The van der Waals surface area contributed by atoms with Crippen molar-refractivity contribution in [3.8, 4) is 0 Å². The second-order valence-electron chi connectivity index (χ2n) is 3.64. The van der Waals surface area contributed by atoms with Crippen molar-refractivity contribution in [3.63, 3.8) is 0 Å². The SMILES string of the molecule is C=COCC(C)OC(C)COC(=O)C(=C)C. The number of esters is 1. The van der Waals surface area contributed by atoms with Crippen molar-refractivity contribution < 1.29 is 19.0 Å². The lowest BCUT2D eigenvalue weighted by molar-refractivity contribution is -0.144. The molecule has 16 heavy (non-hydrogen) atoms. The van der Waals surface area contributed by atoms with E-state index in [0.717, 1.165) is 0 Å². The van der Waals surface area contributed by atoms with E-state index in [1.54, 1.807) is 6.92 Å². The minimum Gasteiger partial charge on any atom is -0.499 e. The summed E-state index contributed by atoms with van der Waals surface area (Å²) < 4.78 is 15.4. The van der Waals surface area contributed by atoms with E-state index in [0.29, 0.717) is 12.2 Å². The van der Waals surface area contributed by atoms with Gasteiger partial charge in [0.2, 0.25) is 0 Å². The minimum atomic E-state index is -0.398. The Morgan fingerprint density at radius 1 is 1.31 bits per heavy atom. The molecule has 0 fully saturated rings. The highest BCUT2D eigenvalue weighted by Crippen LogP contribution is 2.01. The van der Waals surface area contributed by atoms with Crippen LogP contribution in [0.1, 0.15) is 20.8 Å². The molecule has 0 aliphatic carbocycles. The van der Waals surface area contributed by atoms with E-state index in [4.69, 9.17) is 14.2 Å². The summed E-state index contributed by atoms with van der Waals surface area (Å²) in [7, 11) is 0. The highest BCUT2D eigenvalue weighted by molar-refractivity contribution is 5.86. The van der Waals surface area contributed by atoms with Gasteiger partial charge in [-0.1, -0.05) is 13.2 Å². The lowest BCUT2D eigenvalue weighted by atomic mass is 10.3. The van der Waals surface area contributed by atoms with Gasteiger partial charge in [-0.2, -0.15) is 0 Å². The Morgan fingerprint density at radius 2 is 1.88 bits per heavy atom. The second kappa shape index (κ2) is 7.93. The highest BCUT2D eigenvalue weighted by atomic mass is 16.6. The lowest BCUT2D eigenvalue weighted by Crippen LogP contribution is -2.26. The topological polar surface area (TPSA) is 44.8 Å². The van der Waals surface area contributed by atoms with E-state index in [1.165, 1.54) is 6.26 Å². The number of hydrogen-bond donors (Lipinski definition) is 0. The van der Waals surface area contributed by atoms with Gasteiger partial charge in [-0.3, -0.25) is 0 Å². The van der Waals surface area contributed by atoms with Crippen LogP contribution in [0.25, 0.3) is 0 Å². The zero-order valence-electron chi connectivity index (χ0n) is 10.2. The fourth-order valence-electron chi connectivity index (χ4n) is 0.995. The van der Waals surface area contributed by atoms with E-state index in [-0.39, 0.29) is 18.8 Å². The molecule has 0 aliphatic heterocycles. The molecule has 2 atom stereocenters. The first-order chi connectivity index (χ1) is 7.47. The Labute approximate surface area is 96.9 Å². The van der Waals surface area contributed by atoms with Gasteiger partial charge in [0.05, 0.1) is 18.5 Å². The molecule has 0 radical (unpaired) electrons. The number of hydrogen-bond acceptors (Lipinski definition) is 4. The van der Waals surface area contributed by atoms with Gasteiger partial charge in [-0.25, -0.2) is 4.79 Å². The molecule has 0 aromatic rings. The Bertz CT molecular complexity index is 247. The number of rotatable bonds is 8. The van der Waals surface area contributed by atoms with Gasteiger partial charge in [0, 0.05) is 5.57 Å². The van der Waals surface area contributed by atoms with Crippen molar-refractivity contribution in [1.82, 2.24) is 0 Å². The van der Waals surface area contributed by atoms with Crippen molar-refractivity contribution in [1.29, 1.82) is 0 Å². The van der Waals surface area contributed by atoms with Gasteiger partial charge >= 0.3 is 5.97 Å². The Morgan fingerprint density at radius 3 is 2.38 bits per heavy atom. The van der Waals surface area contributed by atoms with E-state index in [1.807, 2.05) is 13.8 Å². The van der Waals surface area contributed by atoms with Gasteiger partial charge in [0.15, 0.2) is 0 Å². The molecule has 0 bridgehead atoms. The third-order valence-electron chi connectivity index (χ3n) is 1.71. The van der Waals surface area contributed by atoms with Crippen LogP contribution in [0.15, 0.2) is 25.0 Å². The van der Waals surface area contributed by atoms with Crippen LogP contribution in [0.5, 0.6) is 0 Å². The maximum Gasteiger partial charge on any atom is 0.333 e. The smallest absolute Gasteiger partial charge is 0.333 e. The molecule has 4 nitrogen and oxygen atoms in total. The Balaban J connectivity index is 3.72. The maximum atomic E-state index is 11.1. The van der Waals surface area contributed by atoms with Crippen molar-refractivity contribution >= 4 is 5.97 Å². The number of carbonyl (C=O) groups is 1. The average molecular weight is 228 g/mol. The highest BCUT2D eigenvalue weighted by Gasteiger charge is 2.11. The fraction of sp³-hybridized carbons (Fsp3) is 0.583. The molecule has 0 aromatic heterocycles. The molecule has 0 spiro atoms. The molecule has 0 aromatic carbocycles.